The summed E-state index contributed by atoms with van der Waals surface area (Å²) < 4.78 is 5.27. The Morgan fingerprint density at radius 2 is 1.71 bits per heavy atom. The Morgan fingerprint density at radius 1 is 1.04 bits per heavy atom. The summed E-state index contributed by atoms with van der Waals surface area (Å²) in [6, 6.07) is 16.7. The molecule has 5 nitrogen and oxygen atoms in total. The summed E-state index contributed by atoms with van der Waals surface area (Å²) in [6.45, 7) is 7.70. The largest absolute Gasteiger partial charge is 0.452 e. The van der Waals surface area contributed by atoms with Gasteiger partial charge in [0.25, 0.3) is 5.91 Å². The van der Waals surface area contributed by atoms with Gasteiger partial charge < -0.3 is 10.1 Å². The first kappa shape index (κ1) is 19.5. The molecular formula is C23H24N2O3. The molecule has 144 valence electrons. The van der Waals surface area contributed by atoms with Crippen LogP contribution >= 0.6 is 0 Å². The Labute approximate surface area is 164 Å². The van der Waals surface area contributed by atoms with Crippen LogP contribution in [0, 0.1) is 6.92 Å². The first-order chi connectivity index (χ1) is 13.3. The number of nitrogens with one attached hydrogen (secondary N) is 1. The van der Waals surface area contributed by atoms with Crippen LogP contribution in [0.2, 0.25) is 0 Å². The SMILES string of the molecule is Cc1cc(C(=O)OCC(=O)Nc2ccccc2C(C)(C)C)c2ccccc2n1. The van der Waals surface area contributed by atoms with Crippen molar-refractivity contribution in [1.82, 2.24) is 4.98 Å². The van der Waals surface area contributed by atoms with Crippen molar-refractivity contribution >= 4 is 28.5 Å². The van der Waals surface area contributed by atoms with Gasteiger partial charge in [-0.05, 0) is 36.1 Å². The van der Waals surface area contributed by atoms with Gasteiger partial charge in [-0.25, -0.2) is 4.79 Å². The molecule has 1 heterocycles. The monoisotopic (exact) mass is 376 g/mol. The van der Waals surface area contributed by atoms with Crippen LogP contribution in [0.3, 0.4) is 0 Å². The van der Waals surface area contributed by atoms with Crippen molar-refractivity contribution in [3.8, 4) is 0 Å². The second kappa shape index (κ2) is 7.80. The summed E-state index contributed by atoms with van der Waals surface area (Å²) in [5.41, 5.74) is 3.47. The van der Waals surface area contributed by atoms with Crippen molar-refractivity contribution < 1.29 is 14.3 Å². The van der Waals surface area contributed by atoms with E-state index in [4.69, 9.17) is 4.74 Å². The molecule has 0 aliphatic rings. The van der Waals surface area contributed by atoms with Gasteiger partial charge in [0.15, 0.2) is 6.61 Å². The predicted octanol–water partition coefficient (Wildman–Crippen LogP) is 4.64. The number of carbonyl (C=O) groups excluding carboxylic acids is 2. The lowest BCUT2D eigenvalue weighted by Gasteiger charge is -2.23. The molecule has 0 saturated heterocycles. The molecule has 3 aromatic rings. The summed E-state index contributed by atoms with van der Waals surface area (Å²) in [6.07, 6.45) is 0. The van der Waals surface area contributed by atoms with E-state index >= 15 is 0 Å². The van der Waals surface area contributed by atoms with Crippen LogP contribution < -0.4 is 5.32 Å². The Kier molecular flexibility index (Phi) is 5.45. The third-order valence-electron chi connectivity index (χ3n) is 4.41. The number of aryl methyl sites for hydroxylation is 1. The topological polar surface area (TPSA) is 68.3 Å². The predicted molar refractivity (Wildman–Crippen MR) is 111 cm³/mol. The van der Waals surface area contributed by atoms with E-state index in [0.717, 1.165) is 16.8 Å². The Bertz CT molecular complexity index is 1040. The van der Waals surface area contributed by atoms with E-state index in [-0.39, 0.29) is 17.9 Å². The highest BCUT2D eigenvalue weighted by molar-refractivity contribution is 6.04. The molecule has 0 radical (unpaired) electrons. The fraction of sp³-hybridized carbons (Fsp3) is 0.261. The van der Waals surface area contributed by atoms with Gasteiger partial charge in [0, 0.05) is 16.8 Å². The molecule has 0 bridgehead atoms. The van der Waals surface area contributed by atoms with Crippen LogP contribution in [-0.4, -0.2) is 23.5 Å². The second-order valence-corrected chi connectivity index (χ2v) is 7.75. The highest BCUT2D eigenvalue weighted by Crippen LogP contribution is 2.29. The number of nitrogens with zero attached hydrogens (tertiary/aromatic N) is 1. The number of aromatic nitrogens is 1. The summed E-state index contributed by atoms with van der Waals surface area (Å²) in [5.74, 6) is -0.916. The number of benzene rings is 2. The minimum atomic E-state index is -0.541. The number of ether oxygens (including phenoxy) is 1. The number of hydrogen-bond donors (Lipinski definition) is 1. The van der Waals surface area contributed by atoms with Crippen molar-refractivity contribution in [1.29, 1.82) is 0 Å². The van der Waals surface area contributed by atoms with Crippen LogP contribution in [0.25, 0.3) is 10.9 Å². The van der Waals surface area contributed by atoms with Crippen LogP contribution in [0.15, 0.2) is 54.6 Å². The Morgan fingerprint density at radius 3 is 2.46 bits per heavy atom. The molecule has 0 fully saturated rings. The van der Waals surface area contributed by atoms with Gasteiger partial charge in [-0.3, -0.25) is 9.78 Å². The van der Waals surface area contributed by atoms with Crippen LogP contribution in [0.5, 0.6) is 0 Å². The van der Waals surface area contributed by atoms with E-state index in [0.29, 0.717) is 16.6 Å². The average molecular weight is 376 g/mol. The molecule has 28 heavy (non-hydrogen) atoms. The number of fused-ring (bicyclic) bond motifs is 1. The third kappa shape index (κ3) is 4.36. The van der Waals surface area contributed by atoms with Gasteiger partial charge in [0.1, 0.15) is 0 Å². The van der Waals surface area contributed by atoms with Crippen molar-refractivity contribution in [3.05, 3.63) is 71.4 Å². The normalized spacial score (nSPS) is 11.3. The molecule has 2 aromatic carbocycles. The van der Waals surface area contributed by atoms with E-state index in [1.54, 1.807) is 6.07 Å². The van der Waals surface area contributed by atoms with E-state index in [1.807, 2.05) is 55.5 Å². The Hall–Kier alpha value is -3.21. The van der Waals surface area contributed by atoms with E-state index in [9.17, 15) is 9.59 Å². The molecule has 0 spiro atoms. The number of hydrogen-bond acceptors (Lipinski definition) is 4. The lowest BCUT2D eigenvalue weighted by Crippen LogP contribution is -2.23. The van der Waals surface area contributed by atoms with E-state index in [1.165, 1.54) is 0 Å². The molecule has 0 aliphatic heterocycles. The van der Waals surface area contributed by atoms with Crippen LogP contribution in [0.4, 0.5) is 5.69 Å². The average Bonchev–Trinajstić information content (AvgIpc) is 2.65. The number of pyridine rings is 1. The van der Waals surface area contributed by atoms with Gasteiger partial charge in [-0.2, -0.15) is 0 Å². The summed E-state index contributed by atoms with van der Waals surface area (Å²) in [7, 11) is 0. The number of para-hydroxylation sites is 2. The number of anilines is 1. The van der Waals surface area contributed by atoms with Crippen molar-refractivity contribution in [3.63, 3.8) is 0 Å². The summed E-state index contributed by atoms with van der Waals surface area (Å²) >= 11 is 0. The highest BCUT2D eigenvalue weighted by atomic mass is 16.5. The zero-order valence-electron chi connectivity index (χ0n) is 16.6. The number of amides is 1. The first-order valence-electron chi connectivity index (χ1n) is 9.18. The van der Waals surface area contributed by atoms with Crippen LogP contribution in [-0.2, 0) is 14.9 Å². The molecular weight excluding hydrogens is 352 g/mol. The van der Waals surface area contributed by atoms with Crippen molar-refractivity contribution in [2.45, 2.75) is 33.1 Å². The number of esters is 1. The molecule has 1 amide bonds. The fourth-order valence-corrected chi connectivity index (χ4v) is 3.12. The molecule has 1 aromatic heterocycles. The molecule has 5 heteroatoms. The molecule has 3 rings (SSSR count). The minimum absolute atomic E-state index is 0.117. The first-order valence-corrected chi connectivity index (χ1v) is 9.18. The van der Waals surface area contributed by atoms with Crippen LogP contribution in [0.1, 0.15) is 42.4 Å². The molecule has 0 unspecified atom stereocenters. The fourth-order valence-electron chi connectivity index (χ4n) is 3.12. The molecule has 1 N–H and O–H groups in total. The van der Waals surface area contributed by atoms with Gasteiger partial charge in [0.05, 0.1) is 11.1 Å². The molecule has 0 saturated carbocycles. The zero-order chi connectivity index (χ0) is 20.3. The van der Waals surface area contributed by atoms with Gasteiger partial charge in [-0.1, -0.05) is 57.2 Å². The standard InChI is InChI=1S/C23H24N2O3/c1-15-13-17(16-9-5-7-11-19(16)24-15)22(27)28-14-21(26)25-20-12-8-6-10-18(20)23(2,3)4/h5-13H,14H2,1-4H3,(H,25,26). The van der Waals surface area contributed by atoms with E-state index < -0.39 is 5.97 Å². The highest BCUT2D eigenvalue weighted by Gasteiger charge is 2.19. The second-order valence-electron chi connectivity index (χ2n) is 7.75. The number of rotatable bonds is 4. The van der Waals surface area contributed by atoms with Gasteiger partial charge in [0.2, 0.25) is 0 Å². The summed E-state index contributed by atoms with van der Waals surface area (Å²) in [4.78, 5) is 29.3. The number of carbonyl (C=O) groups is 2. The van der Waals surface area contributed by atoms with Crippen molar-refractivity contribution in [2.24, 2.45) is 0 Å². The van der Waals surface area contributed by atoms with Gasteiger partial charge >= 0.3 is 5.97 Å². The zero-order valence-corrected chi connectivity index (χ0v) is 16.6. The van der Waals surface area contributed by atoms with E-state index in [2.05, 4.69) is 31.1 Å². The Balaban J connectivity index is 1.72. The lowest BCUT2D eigenvalue weighted by molar-refractivity contribution is -0.119. The van der Waals surface area contributed by atoms with Crippen molar-refractivity contribution in [2.75, 3.05) is 11.9 Å². The molecule has 0 aliphatic carbocycles. The third-order valence-corrected chi connectivity index (χ3v) is 4.41. The smallest absolute Gasteiger partial charge is 0.339 e. The quantitative estimate of drug-likeness (QED) is 0.674. The maximum Gasteiger partial charge on any atom is 0.339 e. The maximum absolute atomic E-state index is 12.6. The molecule has 0 atom stereocenters. The lowest BCUT2D eigenvalue weighted by atomic mass is 9.86. The van der Waals surface area contributed by atoms with Gasteiger partial charge in [-0.15, -0.1) is 0 Å². The maximum atomic E-state index is 12.6. The summed E-state index contributed by atoms with van der Waals surface area (Å²) in [5, 5.41) is 3.55. The minimum Gasteiger partial charge on any atom is -0.452 e.